The number of thioether (sulfide) groups is 1. The minimum Gasteiger partial charge on any atom is -0.373 e. The van der Waals surface area contributed by atoms with E-state index in [1.54, 1.807) is 11.8 Å². The molecule has 1 N–H and O–H groups in total. The molecular formula is C22H30IN3OS. The van der Waals surface area contributed by atoms with E-state index in [0.29, 0.717) is 5.92 Å². The lowest BCUT2D eigenvalue weighted by atomic mass is 9.95. The lowest BCUT2D eigenvalue weighted by molar-refractivity contribution is 0.0914. The summed E-state index contributed by atoms with van der Waals surface area (Å²) in [6.07, 6.45) is 3.34. The molecule has 1 fully saturated rings. The number of ether oxygens (including phenoxy) is 1. The van der Waals surface area contributed by atoms with E-state index >= 15 is 0 Å². The van der Waals surface area contributed by atoms with Gasteiger partial charge in [0.1, 0.15) is 0 Å². The maximum atomic E-state index is 6.00. The fourth-order valence-electron chi connectivity index (χ4n) is 3.54. The zero-order valence-electron chi connectivity index (χ0n) is 16.8. The Morgan fingerprint density at radius 2 is 1.89 bits per heavy atom. The third kappa shape index (κ3) is 6.12. The molecule has 0 aliphatic carbocycles. The molecule has 2 atom stereocenters. The Kier molecular flexibility index (Phi) is 9.61. The maximum absolute atomic E-state index is 6.00. The number of benzene rings is 2. The van der Waals surface area contributed by atoms with Gasteiger partial charge in [0.2, 0.25) is 0 Å². The van der Waals surface area contributed by atoms with Gasteiger partial charge in [-0.05, 0) is 35.9 Å². The van der Waals surface area contributed by atoms with Gasteiger partial charge in [-0.25, -0.2) is 0 Å². The van der Waals surface area contributed by atoms with Crippen molar-refractivity contribution in [3.05, 3.63) is 65.7 Å². The van der Waals surface area contributed by atoms with Crippen LogP contribution in [-0.2, 0) is 11.3 Å². The number of guanidine groups is 1. The molecule has 1 heterocycles. The Labute approximate surface area is 190 Å². The van der Waals surface area contributed by atoms with E-state index in [4.69, 9.17) is 4.74 Å². The van der Waals surface area contributed by atoms with Gasteiger partial charge in [0.05, 0.1) is 6.10 Å². The first-order chi connectivity index (χ1) is 13.2. The average molecular weight is 511 g/mol. The molecule has 28 heavy (non-hydrogen) atoms. The fourth-order valence-corrected chi connectivity index (χ4v) is 3.95. The molecule has 6 heteroatoms. The van der Waals surface area contributed by atoms with E-state index in [1.165, 1.54) is 16.0 Å². The predicted molar refractivity (Wildman–Crippen MR) is 130 cm³/mol. The van der Waals surface area contributed by atoms with Crippen molar-refractivity contribution in [3.8, 4) is 0 Å². The van der Waals surface area contributed by atoms with Crippen LogP contribution < -0.4 is 5.32 Å². The summed E-state index contributed by atoms with van der Waals surface area (Å²) in [4.78, 5) is 7.92. The van der Waals surface area contributed by atoms with Crippen molar-refractivity contribution in [2.45, 2.75) is 24.0 Å². The zero-order chi connectivity index (χ0) is 19.1. The maximum Gasteiger partial charge on any atom is 0.193 e. The van der Waals surface area contributed by atoms with Gasteiger partial charge >= 0.3 is 0 Å². The summed E-state index contributed by atoms with van der Waals surface area (Å²) < 4.78 is 6.00. The normalized spacial score (nSPS) is 19.2. The average Bonchev–Trinajstić information content (AvgIpc) is 3.18. The van der Waals surface area contributed by atoms with Crippen molar-refractivity contribution in [1.29, 1.82) is 0 Å². The van der Waals surface area contributed by atoms with Crippen molar-refractivity contribution in [3.63, 3.8) is 0 Å². The standard InChI is InChI=1S/C22H29N3OS.HI/c1-23-22(25(2)16-17-9-11-20(27-3)12-10-17)24-15-19-13-14-26-21(19)18-7-5-4-6-8-18;/h4-12,19,21H,13-16H2,1-3H3,(H,23,24);1H. The number of nitrogens with one attached hydrogen (secondary N) is 1. The van der Waals surface area contributed by atoms with Crippen LogP contribution in [0, 0.1) is 5.92 Å². The monoisotopic (exact) mass is 511 g/mol. The number of hydrogen-bond acceptors (Lipinski definition) is 3. The molecule has 0 amide bonds. The fraction of sp³-hybridized carbons (Fsp3) is 0.409. The van der Waals surface area contributed by atoms with Gasteiger partial charge in [0, 0.05) is 44.6 Å². The molecule has 0 saturated carbocycles. The third-order valence-corrected chi connectivity index (χ3v) is 5.76. The van der Waals surface area contributed by atoms with Crippen molar-refractivity contribution in [2.24, 2.45) is 10.9 Å². The lowest BCUT2D eigenvalue weighted by Gasteiger charge is -2.25. The lowest BCUT2D eigenvalue weighted by Crippen LogP contribution is -2.41. The Bertz CT molecular complexity index is 739. The summed E-state index contributed by atoms with van der Waals surface area (Å²) in [7, 11) is 3.92. The molecule has 2 unspecified atom stereocenters. The van der Waals surface area contributed by atoms with Gasteiger partial charge in [-0.1, -0.05) is 42.5 Å². The van der Waals surface area contributed by atoms with Gasteiger partial charge in [-0.2, -0.15) is 0 Å². The molecule has 1 aliphatic heterocycles. The van der Waals surface area contributed by atoms with Crippen LogP contribution in [0.2, 0.25) is 0 Å². The van der Waals surface area contributed by atoms with Crippen LogP contribution in [0.3, 0.4) is 0 Å². The summed E-state index contributed by atoms with van der Waals surface area (Å²) in [6.45, 7) is 2.52. The van der Waals surface area contributed by atoms with Crippen molar-refractivity contribution in [2.75, 3.05) is 33.5 Å². The molecule has 3 rings (SSSR count). The molecule has 1 saturated heterocycles. The Morgan fingerprint density at radius 3 is 2.54 bits per heavy atom. The van der Waals surface area contributed by atoms with E-state index in [0.717, 1.165) is 32.1 Å². The van der Waals surface area contributed by atoms with Gasteiger partial charge < -0.3 is 15.0 Å². The third-order valence-electron chi connectivity index (χ3n) is 5.02. The molecular weight excluding hydrogens is 481 g/mol. The van der Waals surface area contributed by atoms with E-state index in [9.17, 15) is 0 Å². The number of halogens is 1. The second kappa shape index (κ2) is 11.7. The van der Waals surface area contributed by atoms with E-state index < -0.39 is 0 Å². The molecule has 0 aromatic heterocycles. The van der Waals surface area contributed by atoms with Crippen LogP contribution in [0.4, 0.5) is 0 Å². The molecule has 152 valence electrons. The number of hydrogen-bond donors (Lipinski definition) is 1. The summed E-state index contributed by atoms with van der Waals surface area (Å²) in [5.74, 6) is 1.38. The van der Waals surface area contributed by atoms with Gasteiger partial charge in [-0.15, -0.1) is 35.7 Å². The Morgan fingerprint density at radius 1 is 1.18 bits per heavy atom. The first kappa shape index (κ1) is 23.0. The van der Waals surface area contributed by atoms with Gasteiger partial charge in [0.25, 0.3) is 0 Å². The van der Waals surface area contributed by atoms with Gasteiger partial charge in [-0.3, -0.25) is 4.99 Å². The second-order valence-electron chi connectivity index (χ2n) is 6.88. The minimum atomic E-state index is 0. The molecule has 0 bridgehead atoms. The van der Waals surface area contributed by atoms with Crippen molar-refractivity contribution >= 4 is 41.7 Å². The number of rotatable bonds is 6. The highest BCUT2D eigenvalue weighted by molar-refractivity contribution is 14.0. The van der Waals surface area contributed by atoms with Crippen LogP contribution in [0.5, 0.6) is 0 Å². The highest BCUT2D eigenvalue weighted by atomic mass is 127. The predicted octanol–water partition coefficient (Wildman–Crippen LogP) is 4.81. The van der Waals surface area contributed by atoms with E-state index in [2.05, 4.69) is 77.0 Å². The van der Waals surface area contributed by atoms with Gasteiger partial charge in [0.15, 0.2) is 5.96 Å². The molecule has 0 radical (unpaired) electrons. The van der Waals surface area contributed by atoms with Crippen LogP contribution in [0.25, 0.3) is 0 Å². The first-order valence-electron chi connectivity index (χ1n) is 9.42. The van der Waals surface area contributed by atoms with Crippen molar-refractivity contribution < 1.29 is 4.74 Å². The van der Waals surface area contributed by atoms with E-state index in [1.807, 2.05) is 13.1 Å². The molecule has 4 nitrogen and oxygen atoms in total. The highest BCUT2D eigenvalue weighted by Crippen LogP contribution is 2.33. The van der Waals surface area contributed by atoms with Crippen LogP contribution >= 0.6 is 35.7 Å². The number of aliphatic imine (C=N–C) groups is 1. The summed E-state index contributed by atoms with van der Waals surface area (Å²) in [5.41, 5.74) is 2.55. The van der Waals surface area contributed by atoms with Crippen LogP contribution in [0.15, 0.2) is 64.5 Å². The SMILES string of the molecule is CN=C(NCC1CCOC1c1ccccc1)N(C)Cc1ccc(SC)cc1.I. The van der Waals surface area contributed by atoms with Crippen molar-refractivity contribution in [1.82, 2.24) is 10.2 Å². The molecule has 0 spiro atoms. The minimum absolute atomic E-state index is 0. The largest absolute Gasteiger partial charge is 0.373 e. The Hall–Kier alpha value is -1.25. The highest BCUT2D eigenvalue weighted by Gasteiger charge is 2.29. The zero-order valence-corrected chi connectivity index (χ0v) is 19.9. The first-order valence-corrected chi connectivity index (χ1v) is 10.6. The summed E-state index contributed by atoms with van der Waals surface area (Å²) >= 11 is 1.77. The molecule has 1 aliphatic rings. The summed E-state index contributed by atoms with van der Waals surface area (Å²) in [5, 5.41) is 3.55. The number of nitrogens with zero attached hydrogens (tertiary/aromatic N) is 2. The second-order valence-corrected chi connectivity index (χ2v) is 7.76. The smallest absolute Gasteiger partial charge is 0.193 e. The summed E-state index contributed by atoms with van der Waals surface area (Å²) in [6, 6.07) is 19.2. The molecule has 2 aromatic rings. The van der Waals surface area contributed by atoms with E-state index in [-0.39, 0.29) is 30.1 Å². The molecule has 2 aromatic carbocycles. The Balaban J connectivity index is 0.00000280. The van der Waals surface area contributed by atoms with Crippen LogP contribution in [-0.4, -0.2) is 44.4 Å². The quantitative estimate of drug-likeness (QED) is 0.262. The van der Waals surface area contributed by atoms with Crippen LogP contribution in [0.1, 0.15) is 23.7 Å². The topological polar surface area (TPSA) is 36.9 Å².